The van der Waals surface area contributed by atoms with E-state index in [9.17, 15) is 0 Å². The van der Waals surface area contributed by atoms with E-state index in [1.165, 1.54) is 38.8 Å². The van der Waals surface area contributed by atoms with E-state index in [1.54, 1.807) is 0 Å². The minimum absolute atomic E-state index is 0.822. The molecule has 0 amide bonds. The number of hydrogen-bond acceptors (Lipinski definition) is 5. The van der Waals surface area contributed by atoms with E-state index in [0.717, 1.165) is 60.3 Å². The van der Waals surface area contributed by atoms with E-state index in [1.807, 2.05) is 24.5 Å². The van der Waals surface area contributed by atoms with Crippen LogP contribution in [0.3, 0.4) is 0 Å². The lowest BCUT2D eigenvalue weighted by Crippen LogP contribution is -2.52. The summed E-state index contributed by atoms with van der Waals surface area (Å²) in [5, 5.41) is 0. The fraction of sp³-hybridized carbons (Fsp3) is 0.591. The molecule has 5 rings (SSSR count). The van der Waals surface area contributed by atoms with Crippen LogP contribution in [0.2, 0.25) is 0 Å². The van der Waals surface area contributed by atoms with Crippen molar-refractivity contribution >= 4 is 5.82 Å². The molecule has 5 heteroatoms. The van der Waals surface area contributed by atoms with E-state index >= 15 is 0 Å². The lowest BCUT2D eigenvalue weighted by Gasteiger charge is -2.41. The molecule has 5 nitrogen and oxygen atoms in total. The molecular weight excluding hydrogens is 334 g/mol. The lowest BCUT2D eigenvalue weighted by molar-refractivity contribution is 0.134. The minimum atomic E-state index is 0.822. The summed E-state index contributed by atoms with van der Waals surface area (Å²) in [6, 6.07) is 7.02. The van der Waals surface area contributed by atoms with E-state index < -0.39 is 0 Å². The number of anilines is 1. The third-order valence-corrected chi connectivity index (χ3v) is 6.87. The maximum absolute atomic E-state index is 4.90. The van der Waals surface area contributed by atoms with Crippen LogP contribution in [0.25, 0.3) is 11.4 Å². The molecule has 3 aliphatic rings. The highest BCUT2D eigenvalue weighted by Crippen LogP contribution is 2.46. The molecule has 2 aliphatic carbocycles. The molecule has 3 unspecified atom stereocenters. The molecule has 2 aromatic heterocycles. The summed E-state index contributed by atoms with van der Waals surface area (Å²) in [5.74, 6) is 3.91. The van der Waals surface area contributed by atoms with Crippen molar-refractivity contribution < 1.29 is 0 Å². The molecule has 27 heavy (non-hydrogen) atoms. The molecule has 3 heterocycles. The number of pyridine rings is 1. The summed E-state index contributed by atoms with van der Waals surface area (Å²) in [6.07, 6.45) is 10.4. The normalized spacial score (nSPS) is 28.0. The monoisotopic (exact) mass is 363 g/mol. The highest BCUT2D eigenvalue weighted by molar-refractivity contribution is 5.57. The van der Waals surface area contributed by atoms with Gasteiger partial charge < -0.3 is 4.90 Å². The van der Waals surface area contributed by atoms with Gasteiger partial charge in [0.05, 0.1) is 0 Å². The number of piperazine rings is 1. The fourth-order valence-corrected chi connectivity index (χ4v) is 5.40. The Balaban J connectivity index is 1.32. The van der Waals surface area contributed by atoms with Crippen molar-refractivity contribution in [3.05, 3.63) is 36.3 Å². The van der Waals surface area contributed by atoms with Crippen LogP contribution in [0.1, 0.15) is 38.3 Å². The van der Waals surface area contributed by atoms with Crippen LogP contribution in [0.4, 0.5) is 5.82 Å². The second kappa shape index (κ2) is 7.19. The SMILES string of the molecule is CCc1cc(N2CCN(C3CC4CCC3C4)CC2)nc(-c2ccncc2)n1. The van der Waals surface area contributed by atoms with E-state index in [4.69, 9.17) is 9.97 Å². The van der Waals surface area contributed by atoms with E-state index in [2.05, 4.69) is 27.8 Å². The van der Waals surface area contributed by atoms with Crippen LogP contribution in [-0.4, -0.2) is 52.1 Å². The summed E-state index contributed by atoms with van der Waals surface area (Å²) in [7, 11) is 0. The summed E-state index contributed by atoms with van der Waals surface area (Å²) in [4.78, 5) is 19.0. The van der Waals surface area contributed by atoms with Gasteiger partial charge in [-0.3, -0.25) is 9.88 Å². The van der Waals surface area contributed by atoms with Crippen LogP contribution in [0.15, 0.2) is 30.6 Å². The number of aromatic nitrogens is 3. The topological polar surface area (TPSA) is 45.2 Å². The van der Waals surface area contributed by atoms with Crippen molar-refractivity contribution in [1.82, 2.24) is 19.9 Å². The maximum atomic E-state index is 4.90. The zero-order valence-corrected chi connectivity index (χ0v) is 16.2. The number of rotatable bonds is 4. The summed E-state index contributed by atoms with van der Waals surface area (Å²) >= 11 is 0. The predicted octanol–water partition coefficient (Wildman–Crippen LogP) is 3.41. The van der Waals surface area contributed by atoms with Gasteiger partial charge in [-0.05, 0) is 49.7 Å². The third kappa shape index (κ3) is 3.33. The van der Waals surface area contributed by atoms with Crippen molar-refractivity contribution in [1.29, 1.82) is 0 Å². The van der Waals surface area contributed by atoms with Gasteiger partial charge in [0.1, 0.15) is 5.82 Å². The first-order valence-electron chi connectivity index (χ1n) is 10.6. The highest BCUT2D eigenvalue weighted by atomic mass is 15.3. The second-order valence-corrected chi connectivity index (χ2v) is 8.40. The van der Waals surface area contributed by atoms with Gasteiger partial charge in [0.15, 0.2) is 5.82 Å². The first-order chi connectivity index (χ1) is 13.3. The van der Waals surface area contributed by atoms with Crippen LogP contribution in [0, 0.1) is 11.8 Å². The van der Waals surface area contributed by atoms with Gasteiger partial charge in [0.25, 0.3) is 0 Å². The zero-order chi connectivity index (χ0) is 18.2. The molecule has 2 bridgehead atoms. The maximum Gasteiger partial charge on any atom is 0.161 e. The van der Waals surface area contributed by atoms with Crippen molar-refractivity contribution in [2.75, 3.05) is 31.1 Å². The van der Waals surface area contributed by atoms with Crippen LogP contribution in [-0.2, 0) is 6.42 Å². The van der Waals surface area contributed by atoms with Crippen LogP contribution in [0.5, 0.6) is 0 Å². The van der Waals surface area contributed by atoms with E-state index in [-0.39, 0.29) is 0 Å². The number of nitrogens with zero attached hydrogens (tertiary/aromatic N) is 5. The Bertz CT molecular complexity index is 785. The Morgan fingerprint density at radius 1 is 1.00 bits per heavy atom. The van der Waals surface area contributed by atoms with Gasteiger partial charge in [0.2, 0.25) is 0 Å². The van der Waals surface area contributed by atoms with Crippen molar-refractivity contribution in [2.24, 2.45) is 11.8 Å². The van der Waals surface area contributed by atoms with Crippen LogP contribution >= 0.6 is 0 Å². The average Bonchev–Trinajstić information content (AvgIpc) is 3.38. The third-order valence-electron chi connectivity index (χ3n) is 6.87. The number of fused-ring (bicyclic) bond motifs is 2. The Morgan fingerprint density at radius 3 is 2.48 bits per heavy atom. The van der Waals surface area contributed by atoms with Gasteiger partial charge in [-0.2, -0.15) is 0 Å². The second-order valence-electron chi connectivity index (χ2n) is 8.40. The Morgan fingerprint density at radius 2 is 1.81 bits per heavy atom. The summed E-state index contributed by atoms with van der Waals surface area (Å²) < 4.78 is 0. The molecule has 1 saturated heterocycles. The van der Waals surface area contributed by atoms with Crippen LogP contribution < -0.4 is 4.90 Å². The summed E-state index contributed by atoms with van der Waals surface area (Å²) in [5.41, 5.74) is 2.16. The average molecular weight is 364 g/mol. The molecule has 1 aliphatic heterocycles. The standard InChI is InChI=1S/C22H29N5/c1-2-19-15-21(25-22(24-19)17-5-7-23-8-6-17)27-11-9-26(10-12-27)20-14-16-3-4-18(20)13-16/h5-8,15-16,18,20H,2-4,9-14H2,1H3. The molecular formula is C22H29N5. The largest absolute Gasteiger partial charge is 0.354 e. The Labute approximate surface area is 161 Å². The van der Waals surface area contributed by atoms with Gasteiger partial charge in [0, 0.05) is 61.9 Å². The minimum Gasteiger partial charge on any atom is -0.354 e. The van der Waals surface area contributed by atoms with Gasteiger partial charge in [-0.1, -0.05) is 13.3 Å². The highest BCUT2D eigenvalue weighted by Gasteiger charge is 2.42. The van der Waals surface area contributed by atoms with Gasteiger partial charge in [-0.15, -0.1) is 0 Å². The number of aryl methyl sites for hydroxylation is 1. The van der Waals surface area contributed by atoms with E-state index in [0.29, 0.717) is 0 Å². The summed E-state index contributed by atoms with van der Waals surface area (Å²) in [6.45, 7) is 6.65. The molecule has 3 atom stereocenters. The van der Waals surface area contributed by atoms with Gasteiger partial charge >= 0.3 is 0 Å². The molecule has 3 fully saturated rings. The Kier molecular flexibility index (Phi) is 4.56. The number of hydrogen-bond donors (Lipinski definition) is 0. The zero-order valence-electron chi connectivity index (χ0n) is 16.2. The smallest absolute Gasteiger partial charge is 0.161 e. The van der Waals surface area contributed by atoms with Crippen molar-refractivity contribution in [2.45, 2.75) is 45.1 Å². The molecule has 0 N–H and O–H groups in total. The first-order valence-corrected chi connectivity index (χ1v) is 10.6. The molecule has 142 valence electrons. The molecule has 2 saturated carbocycles. The first kappa shape index (κ1) is 17.1. The van der Waals surface area contributed by atoms with Crippen molar-refractivity contribution in [3.8, 4) is 11.4 Å². The quantitative estimate of drug-likeness (QED) is 0.833. The predicted molar refractivity (Wildman–Crippen MR) is 108 cm³/mol. The molecule has 0 aromatic carbocycles. The Hall–Kier alpha value is -2.01. The molecule has 0 spiro atoms. The van der Waals surface area contributed by atoms with Gasteiger partial charge in [-0.25, -0.2) is 9.97 Å². The molecule has 0 radical (unpaired) electrons. The lowest BCUT2D eigenvalue weighted by atomic mass is 9.93. The molecule has 2 aromatic rings. The fourth-order valence-electron chi connectivity index (χ4n) is 5.40. The van der Waals surface area contributed by atoms with Crippen molar-refractivity contribution in [3.63, 3.8) is 0 Å².